The molecule has 1 aromatic rings. The molecule has 1 heterocycles. The number of amides is 2. The van der Waals surface area contributed by atoms with Crippen molar-refractivity contribution >= 4 is 26.7 Å². The predicted octanol–water partition coefficient (Wildman–Crippen LogP) is 2.84. The van der Waals surface area contributed by atoms with Gasteiger partial charge in [-0.1, -0.05) is 0 Å². The Bertz CT molecular complexity index is 532. The molecule has 1 aliphatic heterocycles. The first-order valence-corrected chi connectivity index (χ1v) is 9.54. The van der Waals surface area contributed by atoms with E-state index in [-0.39, 0.29) is 0 Å². The molecule has 2 aliphatic rings. The molecule has 0 bridgehead atoms. The first-order chi connectivity index (χ1) is 10.2. The van der Waals surface area contributed by atoms with Crippen LogP contribution in [0.1, 0.15) is 42.5 Å². The van der Waals surface area contributed by atoms with E-state index in [4.69, 9.17) is 5.73 Å². The molecule has 3 unspecified atom stereocenters. The number of hydrogen-bond donors (Lipinski definition) is 2. The predicted molar refractivity (Wildman–Crippen MR) is 85.4 cm³/mol. The molecular weight excluding hydrogens is 329 g/mol. The number of carbonyl (C=O) groups is 1. The van der Waals surface area contributed by atoms with Gasteiger partial charge in [0.25, 0.3) is 0 Å². The summed E-state index contributed by atoms with van der Waals surface area (Å²) in [5.41, 5.74) is 10.2. The van der Waals surface area contributed by atoms with Crippen LogP contribution in [0.5, 0.6) is 0 Å². The number of hydrogen-bond acceptors (Lipinski definition) is 2. The maximum atomic E-state index is 11.0. The molecule has 3 N–H and O–H groups in total. The Labute approximate surface area is 131 Å². The SMILES string of the molecule is NC(=O)N/N=C1\CC(c2ccccc2)[Se]C2CCCCC12. The van der Waals surface area contributed by atoms with Crippen molar-refractivity contribution in [3.63, 3.8) is 0 Å². The van der Waals surface area contributed by atoms with Crippen LogP contribution in [0, 0.1) is 5.92 Å². The van der Waals surface area contributed by atoms with Gasteiger partial charge in [0.15, 0.2) is 0 Å². The molecule has 2 amide bonds. The molecule has 4 nitrogen and oxygen atoms in total. The number of hydrazone groups is 1. The van der Waals surface area contributed by atoms with E-state index in [1.54, 1.807) is 0 Å². The Kier molecular flexibility index (Phi) is 4.61. The minimum absolute atomic E-state index is 0.561. The van der Waals surface area contributed by atoms with Crippen molar-refractivity contribution in [2.45, 2.75) is 41.7 Å². The van der Waals surface area contributed by atoms with Gasteiger partial charge in [-0.15, -0.1) is 0 Å². The second-order valence-corrected chi connectivity index (χ2v) is 8.78. The molecule has 5 heteroatoms. The van der Waals surface area contributed by atoms with Gasteiger partial charge in [-0.05, 0) is 0 Å². The summed E-state index contributed by atoms with van der Waals surface area (Å²) in [6, 6.07) is 10.1. The summed E-state index contributed by atoms with van der Waals surface area (Å²) in [5, 5.41) is 4.34. The van der Waals surface area contributed by atoms with E-state index in [0.717, 1.165) is 16.9 Å². The molecular formula is C16H21N3OSe. The van der Waals surface area contributed by atoms with Crippen molar-refractivity contribution in [2.24, 2.45) is 16.8 Å². The number of fused-ring (bicyclic) bond motifs is 1. The topological polar surface area (TPSA) is 67.5 Å². The van der Waals surface area contributed by atoms with Gasteiger partial charge >= 0.3 is 131 Å². The third-order valence-corrected chi connectivity index (χ3v) is 7.87. The van der Waals surface area contributed by atoms with Gasteiger partial charge in [0.1, 0.15) is 0 Å². The summed E-state index contributed by atoms with van der Waals surface area (Å²) in [6.45, 7) is 0. The van der Waals surface area contributed by atoms with Gasteiger partial charge in [-0.2, -0.15) is 0 Å². The Morgan fingerprint density at radius 3 is 2.76 bits per heavy atom. The van der Waals surface area contributed by atoms with Crippen LogP contribution in [0.3, 0.4) is 0 Å². The number of urea groups is 1. The average molecular weight is 350 g/mol. The molecule has 0 radical (unpaired) electrons. The van der Waals surface area contributed by atoms with Gasteiger partial charge < -0.3 is 0 Å². The summed E-state index contributed by atoms with van der Waals surface area (Å²) in [5.74, 6) is 0.561. The molecule has 0 spiro atoms. The van der Waals surface area contributed by atoms with E-state index in [9.17, 15) is 4.79 Å². The fraction of sp³-hybridized carbons (Fsp3) is 0.500. The summed E-state index contributed by atoms with van der Waals surface area (Å²) in [4.78, 5) is 12.3. The monoisotopic (exact) mass is 351 g/mol. The first-order valence-electron chi connectivity index (χ1n) is 7.56. The van der Waals surface area contributed by atoms with Crippen molar-refractivity contribution in [3.05, 3.63) is 35.9 Å². The molecule has 3 rings (SSSR count). The molecule has 1 saturated carbocycles. The van der Waals surface area contributed by atoms with E-state index in [2.05, 4.69) is 40.9 Å². The van der Waals surface area contributed by atoms with Crippen molar-refractivity contribution < 1.29 is 4.79 Å². The quantitative estimate of drug-likeness (QED) is 0.625. The summed E-state index contributed by atoms with van der Waals surface area (Å²) in [6.07, 6.45) is 6.10. The number of nitrogens with one attached hydrogen (secondary N) is 1. The fourth-order valence-corrected chi connectivity index (χ4v) is 7.11. The zero-order chi connectivity index (χ0) is 14.7. The minimum atomic E-state index is -0.567. The van der Waals surface area contributed by atoms with Crippen molar-refractivity contribution in [3.8, 4) is 0 Å². The van der Waals surface area contributed by atoms with Crippen molar-refractivity contribution in [2.75, 3.05) is 0 Å². The maximum absolute atomic E-state index is 11.0. The van der Waals surface area contributed by atoms with Gasteiger partial charge in [0.2, 0.25) is 0 Å². The molecule has 1 saturated heterocycles. The van der Waals surface area contributed by atoms with Gasteiger partial charge in [0, 0.05) is 0 Å². The third kappa shape index (κ3) is 3.47. The van der Waals surface area contributed by atoms with E-state index >= 15 is 0 Å². The van der Waals surface area contributed by atoms with Crippen LogP contribution in [0.25, 0.3) is 0 Å². The van der Waals surface area contributed by atoms with E-state index < -0.39 is 6.03 Å². The standard InChI is InChI=1S/C16H21N3OSe/c17-16(20)19-18-13-10-15(11-6-2-1-3-7-11)21-14-9-5-4-8-12(13)14/h1-3,6-7,12,14-15H,4-5,8-10H2,(H3,17,19,20)/b18-13+. The first kappa shape index (κ1) is 14.6. The van der Waals surface area contributed by atoms with Gasteiger partial charge in [0.05, 0.1) is 0 Å². The number of benzene rings is 1. The zero-order valence-corrected chi connectivity index (χ0v) is 13.7. The molecule has 112 valence electrons. The third-order valence-electron chi connectivity index (χ3n) is 4.35. The number of nitrogens with two attached hydrogens (primary N) is 1. The summed E-state index contributed by atoms with van der Waals surface area (Å²) < 4.78 is 0. The van der Waals surface area contributed by atoms with Crippen molar-refractivity contribution in [1.29, 1.82) is 0 Å². The second-order valence-electron chi connectivity index (χ2n) is 5.75. The van der Waals surface area contributed by atoms with Crippen LogP contribution in [0.2, 0.25) is 4.82 Å². The molecule has 0 aromatic heterocycles. The average Bonchev–Trinajstić information content (AvgIpc) is 2.53. The van der Waals surface area contributed by atoms with E-state index in [1.807, 2.05) is 0 Å². The van der Waals surface area contributed by atoms with Crippen LogP contribution >= 0.6 is 0 Å². The van der Waals surface area contributed by atoms with Crippen LogP contribution in [0.4, 0.5) is 4.79 Å². The number of carbonyl (C=O) groups excluding carboxylic acids is 1. The van der Waals surface area contributed by atoms with Crippen LogP contribution in [-0.2, 0) is 0 Å². The Morgan fingerprint density at radius 2 is 2.00 bits per heavy atom. The van der Waals surface area contributed by atoms with E-state index in [0.29, 0.717) is 25.7 Å². The van der Waals surface area contributed by atoms with Crippen LogP contribution in [0.15, 0.2) is 35.4 Å². The van der Waals surface area contributed by atoms with Gasteiger partial charge in [-0.3, -0.25) is 0 Å². The zero-order valence-electron chi connectivity index (χ0n) is 12.0. The Hall–Kier alpha value is -1.32. The van der Waals surface area contributed by atoms with E-state index in [1.165, 1.54) is 31.2 Å². The summed E-state index contributed by atoms with van der Waals surface area (Å²) >= 11 is 0.609. The van der Waals surface area contributed by atoms with Crippen LogP contribution in [-0.4, -0.2) is 26.7 Å². The Balaban J connectivity index is 1.83. The Morgan fingerprint density at radius 1 is 1.24 bits per heavy atom. The molecule has 1 aliphatic carbocycles. The van der Waals surface area contributed by atoms with Crippen LogP contribution < -0.4 is 11.2 Å². The number of nitrogens with zero attached hydrogens (tertiary/aromatic N) is 1. The molecule has 3 atom stereocenters. The normalized spacial score (nSPS) is 30.7. The summed E-state index contributed by atoms with van der Waals surface area (Å²) in [7, 11) is 0. The fourth-order valence-electron chi connectivity index (χ4n) is 3.36. The number of primary amides is 1. The number of rotatable bonds is 2. The van der Waals surface area contributed by atoms with Crippen molar-refractivity contribution in [1.82, 2.24) is 5.43 Å². The van der Waals surface area contributed by atoms with Gasteiger partial charge in [-0.25, -0.2) is 0 Å². The second kappa shape index (κ2) is 6.63. The molecule has 1 aromatic carbocycles. The molecule has 2 fully saturated rings. The molecule has 21 heavy (non-hydrogen) atoms.